The lowest BCUT2D eigenvalue weighted by Gasteiger charge is -2.21. The Morgan fingerprint density at radius 2 is 1.75 bits per heavy atom. The smallest absolute Gasteiger partial charge is 0.254 e. The van der Waals surface area contributed by atoms with E-state index in [9.17, 15) is 9.18 Å². The van der Waals surface area contributed by atoms with Crippen molar-refractivity contribution in [3.8, 4) is 5.69 Å². The summed E-state index contributed by atoms with van der Waals surface area (Å²) in [6.45, 7) is 2.88. The first-order valence-corrected chi connectivity index (χ1v) is 7.94. The Morgan fingerprint density at radius 3 is 2.38 bits per heavy atom. The summed E-state index contributed by atoms with van der Waals surface area (Å²) < 4.78 is 15.3. The maximum Gasteiger partial charge on any atom is 0.254 e. The van der Waals surface area contributed by atoms with Gasteiger partial charge in [-0.25, -0.2) is 4.39 Å². The summed E-state index contributed by atoms with van der Waals surface area (Å²) in [5.74, 6) is -0.340. The molecular weight excluding hydrogens is 303 g/mol. The summed E-state index contributed by atoms with van der Waals surface area (Å²) in [6.07, 6.45) is 3.91. The Hall–Kier alpha value is -2.88. The first-order chi connectivity index (χ1) is 11.7. The van der Waals surface area contributed by atoms with Crippen LogP contribution in [0.25, 0.3) is 5.69 Å². The largest absolute Gasteiger partial charge is 0.335 e. The molecule has 3 nitrogen and oxygen atoms in total. The Kier molecular flexibility index (Phi) is 4.75. The van der Waals surface area contributed by atoms with Crippen LogP contribution < -0.4 is 0 Å². The van der Waals surface area contributed by atoms with Crippen LogP contribution in [-0.2, 0) is 6.54 Å². The maximum absolute atomic E-state index is 13.3. The van der Waals surface area contributed by atoms with Crippen LogP contribution in [-0.4, -0.2) is 21.9 Å². The van der Waals surface area contributed by atoms with Gasteiger partial charge in [0.2, 0.25) is 0 Å². The monoisotopic (exact) mass is 322 g/mol. The number of halogens is 1. The van der Waals surface area contributed by atoms with Gasteiger partial charge in [0, 0.05) is 36.7 Å². The minimum Gasteiger partial charge on any atom is -0.335 e. The van der Waals surface area contributed by atoms with Gasteiger partial charge in [-0.3, -0.25) is 4.79 Å². The van der Waals surface area contributed by atoms with E-state index in [1.54, 1.807) is 11.0 Å². The third kappa shape index (κ3) is 3.54. The molecule has 0 unspecified atom stereocenters. The summed E-state index contributed by atoms with van der Waals surface area (Å²) in [5, 5.41) is 0. The van der Waals surface area contributed by atoms with E-state index in [1.807, 2.05) is 66.3 Å². The van der Waals surface area contributed by atoms with Crippen LogP contribution in [0.3, 0.4) is 0 Å². The Labute approximate surface area is 141 Å². The van der Waals surface area contributed by atoms with E-state index in [0.717, 1.165) is 11.3 Å². The molecule has 4 heteroatoms. The fourth-order valence-corrected chi connectivity index (χ4v) is 2.65. The molecular formula is C20H19FN2O. The lowest BCUT2D eigenvalue weighted by Crippen LogP contribution is -2.30. The number of hydrogen-bond donors (Lipinski definition) is 0. The second-order valence-electron chi connectivity index (χ2n) is 5.59. The van der Waals surface area contributed by atoms with E-state index in [0.29, 0.717) is 18.7 Å². The molecule has 0 spiro atoms. The molecule has 0 atom stereocenters. The zero-order valence-electron chi connectivity index (χ0n) is 13.5. The molecule has 1 amide bonds. The lowest BCUT2D eigenvalue weighted by molar-refractivity contribution is 0.0752. The third-order valence-electron chi connectivity index (χ3n) is 3.95. The van der Waals surface area contributed by atoms with Crippen LogP contribution in [0.1, 0.15) is 22.8 Å². The number of carbonyl (C=O) groups is 1. The minimum absolute atomic E-state index is 0.0548. The van der Waals surface area contributed by atoms with E-state index in [4.69, 9.17) is 0 Å². The van der Waals surface area contributed by atoms with Crippen molar-refractivity contribution in [2.24, 2.45) is 0 Å². The van der Waals surface area contributed by atoms with E-state index in [2.05, 4.69) is 0 Å². The molecule has 0 aliphatic heterocycles. The van der Waals surface area contributed by atoms with Crippen LogP contribution in [0.15, 0.2) is 73.1 Å². The van der Waals surface area contributed by atoms with Crippen molar-refractivity contribution in [2.45, 2.75) is 13.5 Å². The summed E-state index contributed by atoms with van der Waals surface area (Å²) in [6, 6.07) is 17.8. The van der Waals surface area contributed by atoms with E-state index < -0.39 is 0 Å². The van der Waals surface area contributed by atoms with E-state index in [1.165, 1.54) is 12.1 Å². The molecule has 122 valence electrons. The summed E-state index contributed by atoms with van der Waals surface area (Å²) >= 11 is 0. The molecule has 2 aromatic carbocycles. The highest BCUT2D eigenvalue weighted by atomic mass is 19.1. The minimum atomic E-state index is -0.285. The van der Waals surface area contributed by atoms with Crippen molar-refractivity contribution in [1.82, 2.24) is 9.47 Å². The molecule has 3 aromatic rings. The van der Waals surface area contributed by atoms with Gasteiger partial charge in [-0.05, 0) is 61.0 Å². The fourth-order valence-electron chi connectivity index (χ4n) is 2.65. The number of benzene rings is 2. The lowest BCUT2D eigenvalue weighted by atomic mass is 10.1. The molecule has 0 fully saturated rings. The fraction of sp³-hybridized carbons (Fsp3) is 0.150. The average molecular weight is 322 g/mol. The SMILES string of the molecule is CCN(Cc1cccc(F)c1)C(=O)c1ccc(-n2cccc2)cc1. The molecule has 0 saturated carbocycles. The van der Waals surface area contributed by atoms with Crippen molar-refractivity contribution in [3.63, 3.8) is 0 Å². The van der Waals surface area contributed by atoms with Gasteiger partial charge >= 0.3 is 0 Å². The van der Waals surface area contributed by atoms with Gasteiger partial charge < -0.3 is 9.47 Å². The van der Waals surface area contributed by atoms with Crippen LogP contribution in [0.2, 0.25) is 0 Å². The number of rotatable bonds is 5. The van der Waals surface area contributed by atoms with Gasteiger partial charge in [-0.1, -0.05) is 12.1 Å². The Morgan fingerprint density at radius 1 is 1.04 bits per heavy atom. The van der Waals surface area contributed by atoms with Crippen molar-refractivity contribution >= 4 is 5.91 Å². The quantitative estimate of drug-likeness (QED) is 0.688. The van der Waals surface area contributed by atoms with Crippen molar-refractivity contribution < 1.29 is 9.18 Å². The molecule has 1 heterocycles. The number of nitrogens with zero attached hydrogens (tertiary/aromatic N) is 2. The maximum atomic E-state index is 13.3. The van der Waals surface area contributed by atoms with E-state index in [-0.39, 0.29) is 11.7 Å². The molecule has 0 saturated heterocycles. The highest BCUT2D eigenvalue weighted by Crippen LogP contribution is 2.14. The molecule has 24 heavy (non-hydrogen) atoms. The predicted octanol–water partition coefficient (Wildman–Crippen LogP) is 4.28. The van der Waals surface area contributed by atoms with Gasteiger partial charge in [0.25, 0.3) is 5.91 Å². The Bertz CT molecular complexity index is 810. The number of carbonyl (C=O) groups excluding carboxylic acids is 1. The second-order valence-corrected chi connectivity index (χ2v) is 5.59. The highest BCUT2D eigenvalue weighted by molar-refractivity contribution is 5.94. The van der Waals surface area contributed by atoms with Gasteiger partial charge in [0.1, 0.15) is 5.82 Å². The van der Waals surface area contributed by atoms with Gasteiger partial charge in [-0.2, -0.15) is 0 Å². The van der Waals surface area contributed by atoms with Gasteiger partial charge in [-0.15, -0.1) is 0 Å². The molecule has 1 aromatic heterocycles. The highest BCUT2D eigenvalue weighted by Gasteiger charge is 2.14. The van der Waals surface area contributed by atoms with E-state index >= 15 is 0 Å². The van der Waals surface area contributed by atoms with Crippen molar-refractivity contribution in [2.75, 3.05) is 6.54 Å². The Balaban J connectivity index is 1.76. The predicted molar refractivity (Wildman–Crippen MR) is 92.6 cm³/mol. The average Bonchev–Trinajstić information content (AvgIpc) is 3.14. The van der Waals surface area contributed by atoms with Gasteiger partial charge in [0.15, 0.2) is 0 Å². The van der Waals surface area contributed by atoms with Gasteiger partial charge in [0.05, 0.1) is 0 Å². The van der Waals surface area contributed by atoms with Crippen LogP contribution in [0.5, 0.6) is 0 Å². The number of aromatic nitrogens is 1. The third-order valence-corrected chi connectivity index (χ3v) is 3.95. The van der Waals surface area contributed by atoms with Crippen molar-refractivity contribution in [3.05, 3.63) is 90.0 Å². The van der Waals surface area contributed by atoms with Crippen molar-refractivity contribution in [1.29, 1.82) is 0 Å². The molecule has 0 N–H and O–H groups in total. The van der Waals surface area contributed by atoms with Crippen LogP contribution in [0.4, 0.5) is 4.39 Å². The second kappa shape index (κ2) is 7.13. The summed E-state index contributed by atoms with van der Waals surface area (Å²) in [4.78, 5) is 14.4. The molecule has 0 aliphatic carbocycles. The zero-order chi connectivity index (χ0) is 16.9. The molecule has 0 aliphatic rings. The first kappa shape index (κ1) is 16.0. The zero-order valence-corrected chi connectivity index (χ0v) is 13.5. The van der Waals surface area contributed by atoms with Crippen LogP contribution >= 0.6 is 0 Å². The molecule has 3 rings (SSSR count). The standard InChI is InChI=1S/C20H19FN2O/c1-2-22(15-16-6-5-7-18(21)14-16)20(24)17-8-10-19(11-9-17)23-12-3-4-13-23/h3-14H,2,15H2,1H3. The summed E-state index contributed by atoms with van der Waals surface area (Å²) in [5.41, 5.74) is 2.42. The first-order valence-electron chi connectivity index (χ1n) is 7.94. The normalized spacial score (nSPS) is 10.6. The molecule has 0 radical (unpaired) electrons. The molecule has 0 bridgehead atoms. The topological polar surface area (TPSA) is 25.2 Å². The van der Waals surface area contributed by atoms with Crippen LogP contribution in [0, 0.1) is 5.82 Å². The number of hydrogen-bond acceptors (Lipinski definition) is 1. The number of amides is 1. The summed E-state index contributed by atoms with van der Waals surface area (Å²) in [7, 11) is 0.